The summed E-state index contributed by atoms with van der Waals surface area (Å²) >= 11 is 7.29. The Labute approximate surface area is 187 Å². The zero-order valence-corrected chi connectivity index (χ0v) is 18.5. The Balaban J connectivity index is 0.00000256. The van der Waals surface area contributed by atoms with Crippen LogP contribution in [0.25, 0.3) is 0 Å². The molecule has 7 nitrogen and oxygen atoms in total. The Morgan fingerprint density at radius 2 is 1.80 bits per heavy atom. The average molecular weight is 467 g/mol. The molecule has 1 amide bonds. The molecule has 3 aromatic rings. The van der Waals surface area contributed by atoms with E-state index in [1.165, 1.54) is 11.3 Å². The van der Waals surface area contributed by atoms with Crippen LogP contribution >= 0.6 is 35.3 Å². The predicted molar refractivity (Wildman–Crippen MR) is 124 cm³/mol. The summed E-state index contributed by atoms with van der Waals surface area (Å²) in [5, 5.41) is 7.02. The number of carbonyl (C=O) groups is 1. The van der Waals surface area contributed by atoms with Crippen molar-refractivity contribution >= 4 is 63.3 Å². The van der Waals surface area contributed by atoms with Crippen molar-refractivity contribution in [3.05, 3.63) is 65.7 Å². The molecule has 4 N–H and O–H groups in total. The normalized spacial score (nSPS) is 13.5. The van der Waals surface area contributed by atoms with E-state index in [2.05, 4.69) is 22.5 Å². The van der Waals surface area contributed by atoms with Crippen molar-refractivity contribution in [2.45, 2.75) is 19.9 Å². The van der Waals surface area contributed by atoms with E-state index >= 15 is 0 Å². The number of benzene rings is 1. The van der Waals surface area contributed by atoms with Gasteiger partial charge in [0.2, 0.25) is 0 Å². The molecule has 0 atom stereocenters. The van der Waals surface area contributed by atoms with E-state index in [1.807, 2.05) is 0 Å². The number of hydrogen-bond acceptors (Lipinski definition) is 7. The van der Waals surface area contributed by atoms with Gasteiger partial charge in [-0.3, -0.25) is 19.3 Å². The number of thiophene rings is 1. The van der Waals surface area contributed by atoms with Crippen LogP contribution in [0.1, 0.15) is 27.7 Å². The molecule has 0 saturated carbocycles. The topological polar surface area (TPSA) is 105 Å². The van der Waals surface area contributed by atoms with Crippen LogP contribution in [0.2, 0.25) is 5.02 Å². The minimum Gasteiger partial charge on any atom is -0.365 e. The van der Waals surface area contributed by atoms with Gasteiger partial charge in [0, 0.05) is 28.7 Å². The van der Waals surface area contributed by atoms with Crippen molar-refractivity contribution < 1.29 is 4.79 Å². The number of hydrogen-bond donors (Lipinski definition) is 3. The number of carbonyl (C=O) groups excluding carboxylic acids is 1. The van der Waals surface area contributed by atoms with Gasteiger partial charge in [-0.2, -0.15) is 0 Å². The fraction of sp³-hybridized carbons (Fsp3) is 0.250. The van der Waals surface area contributed by atoms with Crippen molar-refractivity contribution in [2.24, 2.45) is 5.73 Å². The van der Waals surface area contributed by atoms with Gasteiger partial charge in [0.05, 0.1) is 5.56 Å². The molecular formula is C20H20Cl2N4O3S. The number of rotatable bonds is 6. The van der Waals surface area contributed by atoms with Gasteiger partial charge in [-0.25, -0.2) is 0 Å². The highest BCUT2D eigenvalue weighted by molar-refractivity contribution is 7.16. The van der Waals surface area contributed by atoms with Crippen molar-refractivity contribution in [3.63, 3.8) is 0 Å². The Bertz CT molecular complexity index is 1170. The summed E-state index contributed by atoms with van der Waals surface area (Å²) < 4.78 is 0. The number of primary amides is 1. The van der Waals surface area contributed by atoms with Gasteiger partial charge in [-0.15, -0.1) is 23.7 Å². The summed E-state index contributed by atoms with van der Waals surface area (Å²) in [6, 6.07) is 6.78. The smallest absolute Gasteiger partial charge is 0.253 e. The van der Waals surface area contributed by atoms with Crippen LogP contribution in [-0.4, -0.2) is 23.9 Å². The van der Waals surface area contributed by atoms with Crippen molar-refractivity contribution in [3.8, 4) is 0 Å². The zero-order valence-electron chi connectivity index (χ0n) is 16.1. The molecule has 2 aromatic carbocycles. The summed E-state index contributed by atoms with van der Waals surface area (Å²) in [6.45, 7) is 4.59. The molecule has 4 rings (SSSR count). The number of halogens is 2. The number of fused-ring (bicyclic) bond motifs is 1. The maximum atomic E-state index is 12.2. The highest BCUT2D eigenvalue weighted by Crippen LogP contribution is 2.39. The standard InChI is InChI=1S/C20H19ClN4O3S.ClH/c1-2-25-8-7-12-13(9-25)29-20(14(12)19(22)28)24-16-15(17(26)18(16)27)23-11-5-3-10(21)4-6-11;/h3-6,23-24H,2,7-9H2,1H3,(H2,22,28);1H. The molecule has 158 valence electrons. The molecule has 1 aliphatic rings. The highest BCUT2D eigenvalue weighted by Gasteiger charge is 2.29. The number of nitrogens with zero attached hydrogens (tertiary/aromatic N) is 1. The second-order valence-corrected chi connectivity index (χ2v) is 8.40. The highest BCUT2D eigenvalue weighted by atomic mass is 35.5. The first-order chi connectivity index (χ1) is 13.9. The molecule has 0 aliphatic carbocycles. The number of anilines is 4. The summed E-state index contributed by atoms with van der Waals surface area (Å²) in [5.41, 5.74) is 6.67. The molecule has 2 heterocycles. The van der Waals surface area contributed by atoms with E-state index in [0.29, 0.717) is 21.3 Å². The monoisotopic (exact) mass is 466 g/mol. The molecule has 0 spiro atoms. The lowest BCUT2D eigenvalue weighted by atomic mass is 10.0. The molecule has 1 aromatic heterocycles. The average Bonchev–Trinajstić information content (AvgIpc) is 3.08. The summed E-state index contributed by atoms with van der Waals surface area (Å²) in [7, 11) is 0. The van der Waals surface area contributed by atoms with Crippen LogP contribution in [0, 0.1) is 0 Å². The molecule has 0 radical (unpaired) electrons. The van der Waals surface area contributed by atoms with Crippen LogP contribution in [0.15, 0.2) is 33.9 Å². The maximum absolute atomic E-state index is 12.2. The minimum absolute atomic E-state index is 0. The lowest BCUT2D eigenvalue weighted by Gasteiger charge is -2.25. The quantitative estimate of drug-likeness (QED) is 0.480. The molecule has 30 heavy (non-hydrogen) atoms. The van der Waals surface area contributed by atoms with Crippen molar-refractivity contribution in [1.29, 1.82) is 0 Å². The first kappa shape index (κ1) is 22.3. The van der Waals surface area contributed by atoms with Crippen molar-refractivity contribution in [2.75, 3.05) is 23.7 Å². The summed E-state index contributed by atoms with van der Waals surface area (Å²) in [6.07, 6.45) is 0.724. The lowest BCUT2D eigenvalue weighted by molar-refractivity contribution is 0.1000. The van der Waals surface area contributed by atoms with Crippen LogP contribution < -0.4 is 27.2 Å². The number of amides is 1. The number of likely N-dealkylation sites (N-methyl/N-ethyl adjacent to an activating group) is 1. The van der Waals surface area contributed by atoms with Gasteiger partial charge < -0.3 is 16.4 Å². The second-order valence-electron chi connectivity index (χ2n) is 6.86. The third-order valence-corrected chi connectivity index (χ3v) is 6.48. The van der Waals surface area contributed by atoms with Crippen LogP contribution in [-0.2, 0) is 13.0 Å². The van der Waals surface area contributed by atoms with Gasteiger partial charge in [0.1, 0.15) is 16.4 Å². The van der Waals surface area contributed by atoms with E-state index in [9.17, 15) is 14.4 Å². The molecule has 0 bridgehead atoms. The second kappa shape index (κ2) is 8.77. The molecule has 10 heteroatoms. The fourth-order valence-electron chi connectivity index (χ4n) is 3.50. The van der Waals surface area contributed by atoms with Crippen molar-refractivity contribution in [1.82, 2.24) is 4.90 Å². The largest absolute Gasteiger partial charge is 0.365 e. The first-order valence-corrected chi connectivity index (χ1v) is 10.4. The van der Waals surface area contributed by atoms with Gasteiger partial charge in [0.15, 0.2) is 0 Å². The van der Waals surface area contributed by atoms with Gasteiger partial charge in [-0.1, -0.05) is 18.5 Å². The van der Waals surface area contributed by atoms with E-state index in [1.54, 1.807) is 24.3 Å². The third-order valence-electron chi connectivity index (χ3n) is 5.09. The summed E-state index contributed by atoms with van der Waals surface area (Å²) in [4.78, 5) is 39.7. The predicted octanol–water partition coefficient (Wildman–Crippen LogP) is 3.38. The van der Waals surface area contributed by atoms with E-state index in [4.69, 9.17) is 17.3 Å². The van der Waals surface area contributed by atoms with Gasteiger partial charge in [-0.05, 0) is 42.8 Å². The zero-order chi connectivity index (χ0) is 20.7. The first-order valence-electron chi connectivity index (χ1n) is 9.18. The Kier molecular flexibility index (Phi) is 6.52. The van der Waals surface area contributed by atoms with Crippen LogP contribution in [0.4, 0.5) is 22.1 Å². The molecule has 0 unspecified atom stereocenters. The van der Waals surface area contributed by atoms with Gasteiger partial charge >= 0.3 is 0 Å². The molecule has 1 aliphatic heterocycles. The lowest BCUT2D eigenvalue weighted by Crippen LogP contribution is -2.36. The molecule has 0 saturated heterocycles. The Morgan fingerprint density at radius 1 is 1.17 bits per heavy atom. The molecule has 0 fully saturated rings. The van der Waals surface area contributed by atoms with Gasteiger partial charge in [0.25, 0.3) is 16.8 Å². The fourth-order valence-corrected chi connectivity index (χ4v) is 4.92. The Hall–Kier alpha value is -2.39. The van der Waals surface area contributed by atoms with Crippen LogP contribution in [0.5, 0.6) is 0 Å². The maximum Gasteiger partial charge on any atom is 0.253 e. The Morgan fingerprint density at radius 3 is 2.40 bits per heavy atom. The van der Waals surface area contributed by atoms with E-state index < -0.39 is 16.8 Å². The minimum atomic E-state index is -0.626. The third kappa shape index (κ3) is 3.96. The summed E-state index contributed by atoms with van der Waals surface area (Å²) in [5.74, 6) is -0.541. The number of nitrogens with two attached hydrogens (primary N) is 1. The van der Waals surface area contributed by atoms with Crippen LogP contribution in [0.3, 0.4) is 0 Å². The number of nitrogens with one attached hydrogen (secondary N) is 2. The van der Waals surface area contributed by atoms with E-state index in [-0.39, 0.29) is 23.8 Å². The molecular weight excluding hydrogens is 447 g/mol. The van der Waals surface area contributed by atoms with E-state index in [0.717, 1.165) is 36.5 Å². The SMILES string of the molecule is CCN1CCc2c(sc(Nc3c(Nc4ccc(Cl)cc4)c(=O)c3=O)c2C(N)=O)C1.Cl.